The maximum Gasteiger partial charge on any atom is 0.169 e. The summed E-state index contributed by atoms with van der Waals surface area (Å²) in [6, 6.07) is 4.04. The maximum absolute atomic E-state index is 12.3. The van der Waals surface area contributed by atoms with Gasteiger partial charge in [-0.05, 0) is 51.7 Å². The monoisotopic (exact) mass is 232 g/mol. The summed E-state index contributed by atoms with van der Waals surface area (Å²) in [6.45, 7) is 7.98. The predicted molar refractivity (Wildman–Crippen MR) is 68.7 cm³/mol. The van der Waals surface area contributed by atoms with Gasteiger partial charge in [0.2, 0.25) is 0 Å². The molecular formula is C15H20O2. The predicted octanol–water partition coefficient (Wildman–Crippen LogP) is 3.68. The third-order valence-corrected chi connectivity index (χ3v) is 3.11. The standard InChI is InChI=1S/C15H20O2/c1-9(2)17-15-11(4)6-5-10(3)13(15)14(16)12-7-8-12/h5-6,9,12H,7-8H2,1-4H3. The van der Waals surface area contributed by atoms with E-state index in [2.05, 4.69) is 0 Å². The Bertz CT molecular complexity index is 442. The highest BCUT2D eigenvalue weighted by Crippen LogP contribution is 2.38. The molecule has 17 heavy (non-hydrogen) atoms. The third kappa shape index (κ3) is 2.51. The van der Waals surface area contributed by atoms with E-state index in [-0.39, 0.29) is 17.8 Å². The normalized spacial score (nSPS) is 15.1. The van der Waals surface area contributed by atoms with E-state index in [9.17, 15) is 4.79 Å². The Morgan fingerprint density at radius 2 is 1.82 bits per heavy atom. The maximum atomic E-state index is 12.3. The number of Topliss-reactive ketones (excluding diaryl/α,β-unsaturated/α-hetero) is 1. The zero-order valence-electron chi connectivity index (χ0n) is 11.0. The molecule has 2 nitrogen and oxygen atoms in total. The van der Waals surface area contributed by atoms with Crippen molar-refractivity contribution in [1.82, 2.24) is 0 Å². The van der Waals surface area contributed by atoms with Gasteiger partial charge in [0.25, 0.3) is 0 Å². The zero-order valence-corrected chi connectivity index (χ0v) is 11.0. The number of ketones is 1. The van der Waals surface area contributed by atoms with Crippen LogP contribution < -0.4 is 4.74 Å². The SMILES string of the molecule is Cc1ccc(C)c(C(=O)C2CC2)c1OC(C)C. The number of ether oxygens (including phenoxy) is 1. The first-order valence-electron chi connectivity index (χ1n) is 6.31. The van der Waals surface area contributed by atoms with Crippen molar-refractivity contribution in [3.63, 3.8) is 0 Å². The number of hydrogen-bond donors (Lipinski definition) is 0. The second-order valence-corrected chi connectivity index (χ2v) is 5.21. The number of hydrogen-bond acceptors (Lipinski definition) is 2. The average molecular weight is 232 g/mol. The molecule has 0 amide bonds. The van der Waals surface area contributed by atoms with Crippen LogP contribution in [0, 0.1) is 19.8 Å². The van der Waals surface area contributed by atoms with Gasteiger partial charge in [0.15, 0.2) is 5.78 Å². The highest BCUT2D eigenvalue weighted by molar-refractivity contribution is 6.03. The van der Waals surface area contributed by atoms with Crippen molar-refractivity contribution < 1.29 is 9.53 Å². The van der Waals surface area contributed by atoms with Crippen LogP contribution in [0.1, 0.15) is 48.2 Å². The second kappa shape index (κ2) is 4.52. The van der Waals surface area contributed by atoms with Crippen LogP contribution in [0.15, 0.2) is 12.1 Å². The molecule has 1 aromatic rings. The first-order valence-corrected chi connectivity index (χ1v) is 6.31. The lowest BCUT2D eigenvalue weighted by Crippen LogP contribution is -2.13. The molecule has 0 aliphatic heterocycles. The molecule has 0 bridgehead atoms. The fraction of sp³-hybridized carbons (Fsp3) is 0.533. The van der Waals surface area contributed by atoms with Gasteiger partial charge in [-0.2, -0.15) is 0 Å². The molecular weight excluding hydrogens is 212 g/mol. The van der Waals surface area contributed by atoms with E-state index in [1.807, 2.05) is 39.8 Å². The second-order valence-electron chi connectivity index (χ2n) is 5.21. The lowest BCUT2D eigenvalue weighted by atomic mass is 9.97. The summed E-state index contributed by atoms with van der Waals surface area (Å²) in [7, 11) is 0. The summed E-state index contributed by atoms with van der Waals surface area (Å²) in [5.41, 5.74) is 2.89. The lowest BCUT2D eigenvalue weighted by molar-refractivity contribution is 0.0961. The Kier molecular flexibility index (Phi) is 3.23. The number of carbonyl (C=O) groups excluding carboxylic acids is 1. The van der Waals surface area contributed by atoms with Gasteiger partial charge in [0.1, 0.15) is 5.75 Å². The fourth-order valence-corrected chi connectivity index (χ4v) is 2.03. The number of benzene rings is 1. The molecule has 0 atom stereocenters. The highest BCUT2D eigenvalue weighted by Gasteiger charge is 2.33. The van der Waals surface area contributed by atoms with Gasteiger partial charge >= 0.3 is 0 Å². The Hall–Kier alpha value is -1.31. The molecule has 92 valence electrons. The van der Waals surface area contributed by atoms with E-state index in [1.165, 1.54) is 0 Å². The molecule has 1 fully saturated rings. The largest absolute Gasteiger partial charge is 0.490 e. The van der Waals surface area contributed by atoms with Crippen LogP contribution in [0.4, 0.5) is 0 Å². The van der Waals surface area contributed by atoms with Crippen LogP contribution >= 0.6 is 0 Å². The molecule has 0 N–H and O–H groups in total. The van der Waals surface area contributed by atoms with Crippen molar-refractivity contribution in [2.24, 2.45) is 5.92 Å². The minimum Gasteiger partial charge on any atom is -0.490 e. The van der Waals surface area contributed by atoms with E-state index in [0.29, 0.717) is 0 Å². The van der Waals surface area contributed by atoms with Gasteiger partial charge in [-0.25, -0.2) is 0 Å². The molecule has 0 unspecified atom stereocenters. The lowest BCUT2D eigenvalue weighted by Gasteiger charge is -2.18. The van der Waals surface area contributed by atoms with E-state index in [4.69, 9.17) is 4.74 Å². The summed E-state index contributed by atoms with van der Waals surface area (Å²) in [6.07, 6.45) is 2.17. The number of rotatable bonds is 4. The fourth-order valence-electron chi connectivity index (χ4n) is 2.03. The molecule has 0 spiro atoms. The van der Waals surface area contributed by atoms with Crippen LogP contribution in [0.5, 0.6) is 5.75 Å². The van der Waals surface area contributed by atoms with Crippen molar-refractivity contribution >= 4 is 5.78 Å². The summed E-state index contributed by atoms with van der Waals surface area (Å²) in [4.78, 5) is 12.3. The molecule has 2 rings (SSSR count). The van der Waals surface area contributed by atoms with Gasteiger partial charge < -0.3 is 4.74 Å². The van der Waals surface area contributed by atoms with Crippen LogP contribution in [0.25, 0.3) is 0 Å². The van der Waals surface area contributed by atoms with Crippen LogP contribution in [-0.2, 0) is 0 Å². The molecule has 0 saturated heterocycles. The molecule has 1 aliphatic carbocycles. The number of carbonyl (C=O) groups is 1. The Morgan fingerprint density at radius 1 is 1.24 bits per heavy atom. The molecule has 1 aromatic carbocycles. The molecule has 0 radical (unpaired) electrons. The van der Waals surface area contributed by atoms with Gasteiger partial charge in [0.05, 0.1) is 11.7 Å². The Labute approximate surface area is 103 Å². The van der Waals surface area contributed by atoms with Crippen molar-refractivity contribution in [3.05, 3.63) is 28.8 Å². The van der Waals surface area contributed by atoms with E-state index in [1.54, 1.807) is 0 Å². The summed E-state index contributed by atoms with van der Waals surface area (Å²) >= 11 is 0. The van der Waals surface area contributed by atoms with Crippen molar-refractivity contribution in [2.45, 2.75) is 46.6 Å². The molecule has 1 aliphatic rings. The minimum atomic E-state index is 0.0984. The van der Waals surface area contributed by atoms with Gasteiger partial charge in [-0.3, -0.25) is 4.79 Å². The first-order chi connectivity index (χ1) is 8.00. The summed E-state index contributed by atoms with van der Waals surface area (Å²) in [5, 5.41) is 0. The molecule has 0 heterocycles. The molecule has 0 aromatic heterocycles. The zero-order chi connectivity index (χ0) is 12.6. The minimum absolute atomic E-state index is 0.0984. The van der Waals surface area contributed by atoms with E-state index >= 15 is 0 Å². The van der Waals surface area contributed by atoms with Crippen LogP contribution in [-0.4, -0.2) is 11.9 Å². The van der Waals surface area contributed by atoms with Gasteiger partial charge in [-0.1, -0.05) is 12.1 Å². The molecule has 2 heteroatoms. The summed E-state index contributed by atoms with van der Waals surface area (Å²) in [5.74, 6) is 1.30. The average Bonchev–Trinajstić information content (AvgIpc) is 3.06. The van der Waals surface area contributed by atoms with Crippen LogP contribution in [0.3, 0.4) is 0 Å². The number of aryl methyl sites for hydroxylation is 2. The van der Waals surface area contributed by atoms with E-state index < -0.39 is 0 Å². The first kappa shape index (κ1) is 12.2. The Balaban J connectivity index is 2.45. The Morgan fingerprint density at radius 3 is 2.35 bits per heavy atom. The van der Waals surface area contributed by atoms with Crippen molar-refractivity contribution in [3.8, 4) is 5.75 Å². The van der Waals surface area contributed by atoms with Gasteiger partial charge in [0, 0.05) is 5.92 Å². The highest BCUT2D eigenvalue weighted by atomic mass is 16.5. The van der Waals surface area contributed by atoms with Crippen LogP contribution in [0.2, 0.25) is 0 Å². The summed E-state index contributed by atoms with van der Waals surface area (Å²) < 4.78 is 5.84. The van der Waals surface area contributed by atoms with E-state index in [0.717, 1.165) is 35.3 Å². The van der Waals surface area contributed by atoms with Gasteiger partial charge in [-0.15, -0.1) is 0 Å². The van der Waals surface area contributed by atoms with Crippen molar-refractivity contribution in [2.75, 3.05) is 0 Å². The quantitative estimate of drug-likeness (QED) is 0.740. The third-order valence-electron chi connectivity index (χ3n) is 3.11. The molecule has 1 saturated carbocycles. The topological polar surface area (TPSA) is 26.3 Å². The smallest absolute Gasteiger partial charge is 0.169 e. The van der Waals surface area contributed by atoms with Crippen molar-refractivity contribution in [1.29, 1.82) is 0 Å².